The lowest BCUT2D eigenvalue weighted by atomic mass is 10.0. The number of nitrogens with zero attached hydrogens (tertiary/aromatic N) is 2. The topological polar surface area (TPSA) is 56.4 Å². The van der Waals surface area contributed by atoms with Crippen LogP contribution in [0.4, 0.5) is 34.6 Å². The van der Waals surface area contributed by atoms with Crippen LogP contribution in [0.3, 0.4) is 0 Å². The predicted molar refractivity (Wildman–Crippen MR) is 108 cm³/mol. The number of rotatable bonds is 2. The highest BCUT2D eigenvalue weighted by atomic mass is 19.4. The lowest BCUT2D eigenvalue weighted by Crippen LogP contribution is -2.45. The summed E-state index contributed by atoms with van der Waals surface area (Å²) in [5, 5.41) is 0. The van der Waals surface area contributed by atoms with E-state index in [0.29, 0.717) is 22.5 Å². The van der Waals surface area contributed by atoms with E-state index in [1.54, 1.807) is 18.7 Å². The summed E-state index contributed by atoms with van der Waals surface area (Å²) in [5.74, 6) is -1.08. The molecule has 0 unspecified atom stereocenters. The van der Waals surface area contributed by atoms with Crippen molar-refractivity contribution in [3.8, 4) is 0 Å². The molecule has 160 valence electrons. The van der Waals surface area contributed by atoms with Gasteiger partial charge in [0.1, 0.15) is 12.5 Å². The summed E-state index contributed by atoms with van der Waals surface area (Å²) in [6.45, 7) is 3.28. The first-order valence-corrected chi connectivity index (χ1v) is 9.32. The number of nitrogens with one attached hydrogen (secondary N) is 1. The molecule has 2 aromatic carbocycles. The van der Waals surface area contributed by atoms with Gasteiger partial charge in [-0.05, 0) is 61.4 Å². The third kappa shape index (κ3) is 3.67. The molecule has 1 N–H and O–H groups in total. The number of benzene rings is 2. The van der Waals surface area contributed by atoms with E-state index in [9.17, 15) is 27.2 Å². The molecule has 4 rings (SSSR count). The van der Waals surface area contributed by atoms with Crippen molar-refractivity contribution in [2.45, 2.75) is 20.0 Å². The van der Waals surface area contributed by atoms with Gasteiger partial charge in [0.2, 0.25) is 5.56 Å². The quantitative estimate of drug-likeness (QED) is 0.587. The maximum atomic E-state index is 13.6. The van der Waals surface area contributed by atoms with Crippen molar-refractivity contribution in [2.75, 3.05) is 16.5 Å². The van der Waals surface area contributed by atoms with Crippen LogP contribution in [0.15, 0.2) is 53.5 Å². The van der Waals surface area contributed by atoms with Crippen LogP contribution >= 0.6 is 0 Å². The maximum Gasteiger partial charge on any atom is 0.416 e. The van der Waals surface area contributed by atoms with Gasteiger partial charge in [0.25, 0.3) is 5.91 Å². The number of anilines is 3. The van der Waals surface area contributed by atoms with Crippen molar-refractivity contribution in [3.63, 3.8) is 0 Å². The molecule has 31 heavy (non-hydrogen) atoms. The third-order valence-electron chi connectivity index (χ3n) is 5.22. The number of carbonyl (C=O) groups is 1. The normalized spacial score (nSPS) is 14.1. The van der Waals surface area contributed by atoms with Gasteiger partial charge in [0.15, 0.2) is 0 Å². The first-order chi connectivity index (χ1) is 14.6. The average molecular weight is 431 g/mol. The zero-order chi connectivity index (χ0) is 22.5. The fourth-order valence-electron chi connectivity index (χ4n) is 3.72. The van der Waals surface area contributed by atoms with Crippen LogP contribution < -0.4 is 15.4 Å². The van der Waals surface area contributed by atoms with Crippen molar-refractivity contribution in [1.82, 2.24) is 4.98 Å². The Kier molecular flexibility index (Phi) is 4.83. The zero-order valence-corrected chi connectivity index (χ0v) is 16.5. The molecule has 0 bridgehead atoms. The molecule has 0 atom stereocenters. The van der Waals surface area contributed by atoms with Crippen LogP contribution in [-0.2, 0) is 6.18 Å². The Balaban J connectivity index is 1.93. The standard InChI is InChI=1S/C22H17F4N3O2/c1-12-7-15(23)4-6-17(12)28-11-29(19-10-27-20(30)8-13(19)2)21(31)16-9-14(22(24,25)26)3-5-18(16)28/h3-10H,11H2,1-2H3,(H,27,30). The smallest absolute Gasteiger partial charge is 0.327 e. The number of pyridine rings is 1. The minimum absolute atomic E-state index is 0.0312. The molecule has 0 spiro atoms. The first kappa shape index (κ1) is 20.6. The van der Waals surface area contributed by atoms with Gasteiger partial charge in [-0.15, -0.1) is 0 Å². The van der Waals surface area contributed by atoms with E-state index in [0.717, 1.165) is 12.1 Å². The van der Waals surface area contributed by atoms with Crippen LogP contribution in [0.5, 0.6) is 0 Å². The molecular weight excluding hydrogens is 414 g/mol. The molecule has 0 saturated heterocycles. The molecular formula is C22H17F4N3O2. The summed E-state index contributed by atoms with van der Waals surface area (Å²) in [7, 11) is 0. The summed E-state index contributed by atoms with van der Waals surface area (Å²) < 4.78 is 53.6. The molecule has 3 aromatic rings. The van der Waals surface area contributed by atoms with Crippen molar-refractivity contribution in [3.05, 3.63) is 87.1 Å². The van der Waals surface area contributed by atoms with Gasteiger partial charge in [-0.2, -0.15) is 13.2 Å². The number of H-pyrrole nitrogens is 1. The minimum Gasteiger partial charge on any atom is -0.327 e. The number of aromatic amines is 1. The molecule has 1 aromatic heterocycles. The highest BCUT2D eigenvalue weighted by Gasteiger charge is 2.37. The van der Waals surface area contributed by atoms with E-state index in [4.69, 9.17) is 0 Å². The second-order valence-electron chi connectivity index (χ2n) is 7.33. The van der Waals surface area contributed by atoms with E-state index < -0.39 is 23.5 Å². The first-order valence-electron chi connectivity index (χ1n) is 9.32. The Hall–Kier alpha value is -3.62. The third-order valence-corrected chi connectivity index (χ3v) is 5.22. The molecule has 1 aliphatic heterocycles. The van der Waals surface area contributed by atoms with Crippen molar-refractivity contribution in [1.29, 1.82) is 0 Å². The molecule has 1 amide bonds. The molecule has 0 aliphatic carbocycles. The van der Waals surface area contributed by atoms with Crippen LogP contribution in [-0.4, -0.2) is 17.6 Å². The second-order valence-corrected chi connectivity index (χ2v) is 7.33. The van der Waals surface area contributed by atoms with E-state index >= 15 is 0 Å². The molecule has 9 heteroatoms. The van der Waals surface area contributed by atoms with Gasteiger partial charge in [-0.3, -0.25) is 14.5 Å². The molecule has 2 heterocycles. The summed E-state index contributed by atoms with van der Waals surface area (Å²) in [5.41, 5.74) is 0.773. The van der Waals surface area contributed by atoms with Crippen LogP contribution in [0.1, 0.15) is 27.0 Å². The lowest BCUT2D eigenvalue weighted by molar-refractivity contribution is -0.137. The number of alkyl halides is 3. The number of aryl methyl sites for hydroxylation is 2. The van der Waals surface area contributed by atoms with Crippen molar-refractivity contribution < 1.29 is 22.4 Å². The van der Waals surface area contributed by atoms with Crippen molar-refractivity contribution >= 4 is 23.0 Å². The number of halogens is 4. The summed E-state index contributed by atoms with van der Waals surface area (Å²) in [6, 6.07) is 8.35. The van der Waals surface area contributed by atoms with Gasteiger partial charge in [0, 0.05) is 18.0 Å². The van der Waals surface area contributed by atoms with Gasteiger partial charge in [-0.1, -0.05) is 0 Å². The lowest BCUT2D eigenvalue weighted by Gasteiger charge is -2.39. The fraction of sp³-hybridized carbons (Fsp3) is 0.182. The number of hydrogen-bond donors (Lipinski definition) is 1. The highest BCUT2D eigenvalue weighted by molar-refractivity contribution is 6.13. The molecule has 0 fully saturated rings. The Morgan fingerprint density at radius 2 is 1.55 bits per heavy atom. The van der Waals surface area contributed by atoms with Crippen LogP contribution in [0.2, 0.25) is 0 Å². The Morgan fingerprint density at radius 1 is 0.871 bits per heavy atom. The number of aromatic nitrogens is 1. The van der Waals surface area contributed by atoms with Crippen LogP contribution in [0.25, 0.3) is 0 Å². The maximum absolute atomic E-state index is 13.6. The summed E-state index contributed by atoms with van der Waals surface area (Å²) in [6.07, 6.45) is -3.27. The van der Waals surface area contributed by atoms with E-state index in [1.807, 2.05) is 0 Å². The number of carbonyl (C=O) groups excluding carboxylic acids is 1. The number of hydrogen-bond acceptors (Lipinski definition) is 3. The summed E-state index contributed by atoms with van der Waals surface area (Å²) >= 11 is 0. The average Bonchev–Trinajstić information content (AvgIpc) is 2.68. The van der Waals surface area contributed by atoms with Gasteiger partial charge in [-0.25, -0.2) is 4.39 Å². The van der Waals surface area contributed by atoms with Gasteiger partial charge < -0.3 is 9.88 Å². The fourth-order valence-corrected chi connectivity index (χ4v) is 3.72. The van der Waals surface area contributed by atoms with E-state index in [1.165, 1.54) is 41.4 Å². The number of amides is 1. The molecule has 5 nitrogen and oxygen atoms in total. The Bertz CT molecular complexity index is 1250. The molecule has 1 aliphatic rings. The Labute approximate surface area is 174 Å². The van der Waals surface area contributed by atoms with Crippen LogP contribution in [0, 0.1) is 19.7 Å². The van der Waals surface area contributed by atoms with Gasteiger partial charge in [0.05, 0.1) is 22.5 Å². The molecule has 0 saturated carbocycles. The van der Waals surface area contributed by atoms with Crippen molar-refractivity contribution in [2.24, 2.45) is 0 Å². The highest BCUT2D eigenvalue weighted by Crippen LogP contribution is 2.40. The number of fused-ring (bicyclic) bond motifs is 1. The summed E-state index contributed by atoms with van der Waals surface area (Å²) in [4.78, 5) is 30.3. The minimum atomic E-state index is -4.62. The zero-order valence-electron chi connectivity index (χ0n) is 16.5. The Morgan fingerprint density at radius 3 is 2.19 bits per heavy atom. The molecule has 0 radical (unpaired) electrons. The monoisotopic (exact) mass is 431 g/mol. The largest absolute Gasteiger partial charge is 0.416 e. The van der Waals surface area contributed by atoms with E-state index in [2.05, 4.69) is 4.98 Å². The SMILES string of the molecule is Cc1cc(=O)[nH]cc1N1CN(c2ccc(F)cc2C)c2ccc(C(F)(F)F)cc2C1=O. The van der Waals surface area contributed by atoms with Gasteiger partial charge >= 0.3 is 6.18 Å². The predicted octanol–water partition coefficient (Wildman–Crippen LogP) is 4.91. The van der Waals surface area contributed by atoms with E-state index in [-0.39, 0.29) is 23.5 Å². The second kappa shape index (κ2) is 7.26.